The predicted molar refractivity (Wildman–Crippen MR) is 106 cm³/mol. The van der Waals surface area contributed by atoms with Gasteiger partial charge in [0.05, 0.1) is 16.4 Å². The molecule has 0 aromatic carbocycles. The third kappa shape index (κ3) is 4.40. The maximum atomic E-state index is 12.4. The number of aliphatic hydroxyl groups is 1. The Hall–Kier alpha value is -1.99. The number of hydrogen-bond acceptors (Lipinski definition) is 6. The zero-order chi connectivity index (χ0) is 18.5. The highest BCUT2D eigenvalue weighted by molar-refractivity contribution is 7.20. The van der Waals surface area contributed by atoms with Gasteiger partial charge >= 0.3 is 0 Å². The van der Waals surface area contributed by atoms with Crippen molar-refractivity contribution in [1.29, 1.82) is 0 Å². The maximum Gasteiger partial charge on any atom is 0.261 e. The van der Waals surface area contributed by atoms with Gasteiger partial charge in [-0.25, -0.2) is 9.97 Å². The van der Waals surface area contributed by atoms with E-state index in [1.807, 2.05) is 6.92 Å². The summed E-state index contributed by atoms with van der Waals surface area (Å²) in [6, 6.07) is 0. The van der Waals surface area contributed by atoms with Crippen LogP contribution in [0.4, 0.5) is 5.82 Å². The van der Waals surface area contributed by atoms with Crippen molar-refractivity contribution in [3.8, 4) is 0 Å². The first kappa shape index (κ1) is 18.8. The molecule has 2 aromatic heterocycles. The van der Waals surface area contributed by atoms with Gasteiger partial charge in [-0.05, 0) is 51.5 Å². The number of aliphatic hydroxyl groups excluding tert-OH is 1. The maximum absolute atomic E-state index is 12.4. The van der Waals surface area contributed by atoms with E-state index in [1.54, 1.807) is 6.92 Å². The van der Waals surface area contributed by atoms with Crippen LogP contribution in [0.15, 0.2) is 18.0 Å². The summed E-state index contributed by atoms with van der Waals surface area (Å²) in [6.07, 6.45) is 9.35. The van der Waals surface area contributed by atoms with Gasteiger partial charge in [-0.1, -0.05) is 11.6 Å². The zero-order valence-electron chi connectivity index (χ0n) is 15.3. The number of carbonyl (C=O) groups is 1. The molecule has 0 spiro atoms. The lowest BCUT2D eigenvalue weighted by Crippen LogP contribution is -2.30. The summed E-state index contributed by atoms with van der Waals surface area (Å²) >= 11 is 1.36. The highest BCUT2D eigenvalue weighted by Gasteiger charge is 2.19. The number of aromatic nitrogens is 2. The van der Waals surface area contributed by atoms with E-state index in [2.05, 4.69) is 26.7 Å². The molecule has 0 fully saturated rings. The minimum atomic E-state index is -0.570. The summed E-state index contributed by atoms with van der Waals surface area (Å²) in [4.78, 5) is 22.5. The van der Waals surface area contributed by atoms with Gasteiger partial charge in [-0.3, -0.25) is 4.79 Å². The predicted octanol–water partition coefficient (Wildman–Crippen LogP) is 3.41. The first-order chi connectivity index (χ1) is 12.6. The van der Waals surface area contributed by atoms with Crippen molar-refractivity contribution in [2.75, 3.05) is 18.4 Å². The molecule has 6 nitrogen and oxygen atoms in total. The normalized spacial score (nSPS) is 15.6. The molecule has 1 atom stereocenters. The molecule has 1 aliphatic rings. The van der Waals surface area contributed by atoms with Gasteiger partial charge in [0.15, 0.2) is 0 Å². The topological polar surface area (TPSA) is 87.1 Å². The van der Waals surface area contributed by atoms with E-state index in [0.717, 1.165) is 34.6 Å². The smallest absolute Gasteiger partial charge is 0.261 e. The lowest BCUT2D eigenvalue weighted by atomic mass is 9.97. The van der Waals surface area contributed by atoms with Crippen molar-refractivity contribution < 1.29 is 9.90 Å². The zero-order valence-corrected chi connectivity index (χ0v) is 16.2. The molecule has 7 heteroatoms. The number of hydrogen-bond donors (Lipinski definition) is 3. The van der Waals surface area contributed by atoms with Gasteiger partial charge in [-0.2, -0.15) is 0 Å². The second kappa shape index (κ2) is 8.60. The molecule has 140 valence electrons. The van der Waals surface area contributed by atoms with E-state index < -0.39 is 6.10 Å². The van der Waals surface area contributed by atoms with Gasteiger partial charge < -0.3 is 15.7 Å². The van der Waals surface area contributed by atoms with Gasteiger partial charge in [0.2, 0.25) is 0 Å². The quantitative estimate of drug-likeness (QED) is 0.647. The van der Waals surface area contributed by atoms with E-state index in [9.17, 15) is 9.90 Å². The van der Waals surface area contributed by atoms with Crippen molar-refractivity contribution in [3.05, 3.63) is 28.4 Å². The van der Waals surface area contributed by atoms with Crippen LogP contribution in [0, 0.1) is 6.92 Å². The first-order valence-electron chi connectivity index (χ1n) is 9.18. The molecule has 3 N–H and O–H groups in total. The summed E-state index contributed by atoms with van der Waals surface area (Å²) < 4.78 is 0. The lowest BCUT2D eigenvalue weighted by Gasteiger charge is -2.13. The fourth-order valence-corrected chi connectivity index (χ4v) is 4.28. The monoisotopic (exact) mass is 374 g/mol. The fourth-order valence-electron chi connectivity index (χ4n) is 3.22. The molecule has 0 aliphatic heterocycles. The van der Waals surface area contributed by atoms with Gasteiger partial charge in [0.25, 0.3) is 5.91 Å². The van der Waals surface area contributed by atoms with Crippen LogP contribution in [0.5, 0.6) is 0 Å². The molecule has 1 aliphatic carbocycles. The number of amides is 1. The Labute approximate surface area is 157 Å². The van der Waals surface area contributed by atoms with Crippen molar-refractivity contribution >= 4 is 33.3 Å². The minimum absolute atomic E-state index is 0.176. The number of rotatable bonds is 7. The number of nitrogens with zero attached hydrogens (tertiary/aromatic N) is 2. The highest BCUT2D eigenvalue weighted by atomic mass is 32.1. The average Bonchev–Trinajstić information content (AvgIpc) is 2.98. The molecule has 0 saturated heterocycles. The van der Waals surface area contributed by atoms with E-state index in [1.165, 1.54) is 48.9 Å². The number of nitrogens with one attached hydrogen (secondary N) is 2. The molecule has 0 saturated carbocycles. The number of thiophene rings is 1. The lowest BCUT2D eigenvalue weighted by molar-refractivity contribution is 0.0927. The van der Waals surface area contributed by atoms with Crippen molar-refractivity contribution in [2.24, 2.45) is 0 Å². The van der Waals surface area contributed by atoms with Gasteiger partial charge in [0, 0.05) is 13.1 Å². The third-order valence-corrected chi connectivity index (χ3v) is 5.81. The number of allylic oxidation sites excluding steroid dienone is 1. The van der Waals surface area contributed by atoms with Crippen LogP contribution in [0.1, 0.15) is 54.3 Å². The van der Waals surface area contributed by atoms with Crippen LogP contribution in [0.3, 0.4) is 0 Å². The summed E-state index contributed by atoms with van der Waals surface area (Å²) in [5, 5.41) is 16.4. The number of aryl methyl sites for hydroxylation is 1. The van der Waals surface area contributed by atoms with Crippen LogP contribution in [-0.2, 0) is 0 Å². The highest BCUT2D eigenvalue weighted by Crippen LogP contribution is 2.33. The molecule has 2 aromatic rings. The summed E-state index contributed by atoms with van der Waals surface area (Å²) in [5.41, 5.74) is 2.40. The summed E-state index contributed by atoms with van der Waals surface area (Å²) in [7, 11) is 0. The van der Waals surface area contributed by atoms with Crippen molar-refractivity contribution in [1.82, 2.24) is 15.3 Å². The molecular weight excluding hydrogens is 348 g/mol. The van der Waals surface area contributed by atoms with Crippen LogP contribution in [0.25, 0.3) is 10.2 Å². The second-order valence-electron chi connectivity index (χ2n) is 6.80. The molecule has 1 amide bonds. The Bertz CT molecular complexity index is 813. The molecule has 1 unspecified atom stereocenters. The van der Waals surface area contributed by atoms with Crippen LogP contribution in [0.2, 0.25) is 0 Å². The SMILES string of the molecule is Cc1c(C(=O)NCC(C)O)sc2ncnc(NCCC3=CCCCC3)c12. The Balaban J connectivity index is 1.74. The van der Waals surface area contributed by atoms with Gasteiger partial charge in [0.1, 0.15) is 17.0 Å². The molecule has 3 rings (SSSR count). The largest absolute Gasteiger partial charge is 0.392 e. The molecular formula is C19H26N4O2S. The number of anilines is 1. The van der Waals surface area contributed by atoms with Gasteiger partial charge in [-0.15, -0.1) is 11.3 Å². The molecule has 0 bridgehead atoms. The van der Waals surface area contributed by atoms with Crippen LogP contribution >= 0.6 is 11.3 Å². The molecule has 2 heterocycles. The summed E-state index contributed by atoms with van der Waals surface area (Å²) in [6.45, 7) is 4.64. The second-order valence-corrected chi connectivity index (χ2v) is 7.80. The third-order valence-electron chi connectivity index (χ3n) is 4.61. The summed E-state index contributed by atoms with van der Waals surface area (Å²) in [5.74, 6) is 0.611. The Morgan fingerprint density at radius 1 is 1.38 bits per heavy atom. The van der Waals surface area contributed by atoms with E-state index in [4.69, 9.17) is 0 Å². The first-order valence-corrected chi connectivity index (χ1v) is 10.00. The molecule has 26 heavy (non-hydrogen) atoms. The van der Waals surface area contributed by atoms with Crippen molar-refractivity contribution in [2.45, 2.75) is 52.1 Å². The Morgan fingerprint density at radius 3 is 2.96 bits per heavy atom. The standard InChI is InChI=1S/C19H26N4O2S/c1-12(24)10-21-18(25)16-13(2)15-17(22-11-23-19(15)26-16)20-9-8-14-6-4-3-5-7-14/h6,11-12,24H,3-5,7-10H2,1-2H3,(H,21,25)(H,20,22,23). The van der Waals surface area contributed by atoms with E-state index >= 15 is 0 Å². The minimum Gasteiger partial charge on any atom is -0.392 e. The van der Waals surface area contributed by atoms with Crippen LogP contribution in [-0.4, -0.2) is 40.2 Å². The van der Waals surface area contributed by atoms with Crippen LogP contribution < -0.4 is 10.6 Å². The average molecular weight is 375 g/mol. The van der Waals surface area contributed by atoms with E-state index in [0.29, 0.717) is 4.88 Å². The fraction of sp³-hybridized carbons (Fsp3) is 0.526. The van der Waals surface area contributed by atoms with Crippen molar-refractivity contribution in [3.63, 3.8) is 0 Å². The molecule has 0 radical (unpaired) electrons. The number of fused-ring (bicyclic) bond motifs is 1. The Morgan fingerprint density at radius 2 is 2.23 bits per heavy atom. The number of carbonyl (C=O) groups excluding carboxylic acids is 1. The Kier molecular flexibility index (Phi) is 6.21. The van der Waals surface area contributed by atoms with E-state index in [-0.39, 0.29) is 12.5 Å².